The number of carbonyl (C=O) groups is 1. The van der Waals surface area contributed by atoms with Gasteiger partial charge in [0.1, 0.15) is 11.5 Å². The second-order valence-corrected chi connectivity index (χ2v) is 6.08. The molecule has 1 N–H and O–H groups in total. The predicted molar refractivity (Wildman–Crippen MR) is 96.3 cm³/mol. The SMILES string of the molecule is CC.CCc1ccc(OCCCC(=O)NC(C)(C)C)cc1OC. The molecule has 0 atom stereocenters. The van der Waals surface area contributed by atoms with Crippen molar-refractivity contribution in [2.45, 2.75) is 66.3 Å². The first-order chi connectivity index (χ1) is 10.9. The number of benzene rings is 1. The molecular weight excluding hydrogens is 290 g/mol. The minimum absolute atomic E-state index is 0.0602. The Morgan fingerprint density at radius 2 is 1.87 bits per heavy atom. The maximum Gasteiger partial charge on any atom is 0.220 e. The first kappa shape index (κ1) is 21.3. The number of nitrogens with one attached hydrogen (secondary N) is 1. The zero-order valence-corrected chi connectivity index (χ0v) is 15.8. The summed E-state index contributed by atoms with van der Waals surface area (Å²) in [4.78, 5) is 11.7. The standard InChI is InChI=1S/C17H27NO3.C2H6/c1-6-13-9-10-14(12-15(13)20-5)21-11-7-8-16(19)18-17(2,3)4;1-2/h9-10,12H,6-8,11H2,1-5H3,(H,18,19);1-2H3. The number of aryl methyl sites for hydroxylation is 1. The molecule has 1 aromatic rings. The second kappa shape index (κ2) is 10.9. The van der Waals surface area contributed by atoms with Crippen molar-refractivity contribution in [2.24, 2.45) is 0 Å². The molecule has 0 aliphatic rings. The van der Waals surface area contributed by atoms with Gasteiger partial charge < -0.3 is 14.8 Å². The Hall–Kier alpha value is -1.71. The van der Waals surface area contributed by atoms with E-state index < -0.39 is 0 Å². The smallest absolute Gasteiger partial charge is 0.220 e. The highest BCUT2D eigenvalue weighted by molar-refractivity contribution is 5.76. The monoisotopic (exact) mass is 323 g/mol. The molecule has 0 unspecified atom stereocenters. The fourth-order valence-electron chi connectivity index (χ4n) is 2.01. The van der Waals surface area contributed by atoms with E-state index in [2.05, 4.69) is 12.2 Å². The number of carbonyl (C=O) groups excluding carboxylic acids is 1. The van der Waals surface area contributed by atoms with E-state index in [1.165, 1.54) is 0 Å². The molecule has 0 aromatic heterocycles. The lowest BCUT2D eigenvalue weighted by Gasteiger charge is -2.20. The van der Waals surface area contributed by atoms with E-state index in [1.807, 2.05) is 52.8 Å². The summed E-state index contributed by atoms with van der Waals surface area (Å²) in [6, 6.07) is 5.85. The van der Waals surface area contributed by atoms with E-state index >= 15 is 0 Å². The van der Waals surface area contributed by atoms with Crippen LogP contribution < -0.4 is 14.8 Å². The first-order valence-corrected chi connectivity index (χ1v) is 8.46. The zero-order chi connectivity index (χ0) is 17.9. The third-order valence-corrected chi connectivity index (χ3v) is 2.97. The summed E-state index contributed by atoms with van der Waals surface area (Å²) >= 11 is 0. The van der Waals surface area contributed by atoms with E-state index in [4.69, 9.17) is 9.47 Å². The summed E-state index contributed by atoms with van der Waals surface area (Å²) in [7, 11) is 1.66. The second-order valence-electron chi connectivity index (χ2n) is 6.08. The highest BCUT2D eigenvalue weighted by Gasteiger charge is 2.13. The third-order valence-electron chi connectivity index (χ3n) is 2.97. The molecule has 0 radical (unpaired) electrons. The molecule has 0 heterocycles. The van der Waals surface area contributed by atoms with Crippen LogP contribution in [0.15, 0.2) is 18.2 Å². The van der Waals surface area contributed by atoms with Crippen molar-refractivity contribution in [1.29, 1.82) is 0 Å². The van der Waals surface area contributed by atoms with Crippen LogP contribution in [0.2, 0.25) is 0 Å². The minimum Gasteiger partial charge on any atom is -0.496 e. The Bertz CT molecular complexity index is 464. The van der Waals surface area contributed by atoms with Crippen LogP contribution in [-0.4, -0.2) is 25.2 Å². The number of hydrogen-bond acceptors (Lipinski definition) is 3. The molecule has 23 heavy (non-hydrogen) atoms. The molecule has 0 aliphatic heterocycles. The number of ether oxygens (including phenoxy) is 2. The van der Waals surface area contributed by atoms with Crippen molar-refractivity contribution in [3.8, 4) is 11.5 Å². The highest BCUT2D eigenvalue weighted by atomic mass is 16.5. The summed E-state index contributed by atoms with van der Waals surface area (Å²) in [5.74, 6) is 1.69. The topological polar surface area (TPSA) is 47.6 Å². The van der Waals surface area contributed by atoms with Gasteiger partial charge in [0.25, 0.3) is 0 Å². The Morgan fingerprint density at radius 1 is 1.22 bits per heavy atom. The predicted octanol–water partition coefficient (Wildman–Crippen LogP) is 4.36. The van der Waals surface area contributed by atoms with Gasteiger partial charge in [-0.1, -0.05) is 26.8 Å². The van der Waals surface area contributed by atoms with Gasteiger partial charge in [-0.15, -0.1) is 0 Å². The molecule has 0 aliphatic carbocycles. The third kappa shape index (κ3) is 9.11. The van der Waals surface area contributed by atoms with Crippen LogP contribution in [0.3, 0.4) is 0 Å². The molecule has 1 rings (SSSR count). The van der Waals surface area contributed by atoms with Crippen molar-refractivity contribution in [2.75, 3.05) is 13.7 Å². The largest absolute Gasteiger partial charge is 0.496 e. The molecule has 4 heteroatoms. The quantitative estimate of drug-likeness (QED) is 0.759. The van der Waals surface area contributed by atoms with Crippen molar-refractivity contribution < 1.29 is 14.3 Å². The van der Waals surface area contributed by atoms with Crippen LogP contribution >= 0.6 is 0 Å². The molecule has 0 saturated heterocycles. The summed E-state index contributed by atoms with van der Waals surface area (Å²) in [6.45, 7) is 12.5. The highest BCUT2D eigenvalue weighted by Crippen LogP contribution is 2.25. The molecule has 0 spiro atoms. The fourth-order valence-corrected chi connectivity index (χ4v) is 2.01. The van der Waals surface area contributed by atoms with Crippen LogP contribution in [0.25, 0.3) is 0 Å². The van der Waals surface area contributed by atoms with Crippen molar-refractivity contribution in [3.63, 3.8) is 0 Å². The lowest BCUT2D eigenvalue weighted by Crippen LogP contribution is -2.40. The fraction of sp³-hybridized carbons (Fsp3) is 0.632. The van der Waals surface area contributed by atoms with Gasteiger partial charge in [0, 0.05) is 18.0 Å². The summed E-state index contributed by atoms with van der Waals surface area (Å²) in [5.41, 5.74) is 0.982. The molecule has 0 bridgehead atoms. The Labute approximate surface area is 141 Å². The van der Waals surface area contributed by atoms with E-state index in [1.54, 1.807) is 7.11 Å². The maximum atomic E-state index is 11.7. The normalized spacial score (nSPS) is 10.4. The number of hydrogen-bond donors (Lipinski definition) is 1. The van der Waals surface area contributed by atoms with Crippen LogP contribution in [0.5, 0.6) is 11.5 Å². The summed E-state index contributed by atoms with van der Waals surface area (Å²) in [6.07, 6.45) is 2.09. The van der Waals surface area contributed by atoms with E-state index in [0.29, 0.717) is 19.4 Å². The van der Waals surface area contributed by atoms with Crippen molar-refractivity contribution >= 4 is 5.91 Å². The Morgan fingerprint density at radius 3 is 2.39 bits per heavy atom. The van der Waals surface area contributed by atoms with Gasteiger partial charge in [0.15, 0.2) is 0 Å². The Kier molecular flexibility index (Phi) is 10.1. The van der Waals surface area contributed by atoms with Gasteiger partial charge in [-0.2, -0.15) is 0 Å². The molecule has 0 fully saturated rings. The average Bonchev–Trinajstić information content (AvgIpc) is 2.51. The van der Waals surface area contributed by atoms with Gasteiger partial charge in [-0.3, -0.25) is 4.79 Å². The van der Waals surface area contributed by atoms with E-state index in [0.717, 1.165) is 23.5 Å². The van der Waals surface area contributed by atoms with Gasteiger partial charge in [-0.05, 0) is 45.2 Å². The number of methoxy groups -OCH3 is 1. The van der Waals surface area contributed by atoms with Crippen molar-refractivity contribution in [3.05, 3.63) is 23.8 Å². The van der Waals surface area contributed by atoms with Gasteiger partial charge >= 0.3 is 0 Å². The molecule has 1 aromatic carbocycles. The van der Waals surface area contributed by atoms with Gasteiger partial charge in [0.05, 0.1) is 13.7 Å². The zero-order valence-electron chi connectivity index (χ0n) is 15.8. The van der Waals surface area contributed by atoms with E-state index in [9.17, 15) is 4.79 Å². The number of rotatable bonds is 7. The minimum atomic E-state index is -0.179. The lowest BCUT2D eigenvalue weighted by atomic mass is 10.1. The number of amides is 1. The first-order valence-electron chi connectivity index (χ1n) is 8.46. The van der Waals surface area contributed by atoms with Gasteiger partial charge in [0.2, 0.25) is 5.91 Å². The molecular formula is C19H33NO3. The summed E-state index contributed by atoms with van der Waals surface area (Å²) in [5, 5.41) is 2.94. The lowest BCUT2D eigenvalue weighted by molar-refractivity contribution is -0.122. The van der Waals surface area contributed by atoms with Crippen LogP contribution in [-0.2, 0) is 11.2 Å². The van der Waals surface area contributed by atoms with Crippen LogP contribution in [0.4, 0.5) is 0 Å². The van der Waals surface area contributed by atoms with Crippen molar-refractivity contribution in [1.82, 2.24) is 5.32 Å². The average molecular weight is 323 g/mol. The molecule has 132 valence electrons. The molecule has 0 saturated carbocycles. The Balaban J connectivity index is 0.00000232. The summed E-state index contributed by atoms with van der Waals surface area (Å²) < 4.78 is 11.0. The maximum absolute atomic E-state index is 11.7. The van der Waals surface area contributed by atoms with Crippen LogP contribution in [0.1, 0.15) is 59.9 Å². The van der Waals surface area contributed by atoms with Crippen LogP contribution in [0, 0.1) is 0 Å². The van der Waals surface area contributed by atoms with Gasteiger partial charge in [-0.25, -0.2) is 0 Å². The molecule has 4 nitrogen and oxygen atoms in total. The molecule has 1 amide bonds. The van der Waals surface area contributed by atoms with E-state index in [-0.39, 0.29) is 11.4 Å².